The van der Waals surface area contributed by atoms with Gasteiger partial charge in [0.25, 0.3) is 0 Å². The lowest BCUT2D eigenvalue weighted by Crippen LogP contribution is -2.23. The van der Waals surface area contributed by atoms with Crippen molar-refractivity contribution in [1.82, 2.24) is 0 Å². The van der Waals surface area contributed by atoms with E-state index in [1.165, 1.54) is 45.9 Å². The summed E-state index contributed by atoms with van der Waals surface area (Å²) in [4.78, 5) is 12.3. The van der Waals surface area contributed by atoms with Crippen molar-refractivity contribution in [3.63, 3.8) is 0 Å². The summed E-state index contributed by atoms with van der Waals surface area (Å²) in [5.41, 5.74) is 10.1. The molecule has 0 bridgehead atoms. The SMILES string of the molecule is Cc1c(N)ccc2sc3ccccc3c12.Cc1c(NC(=O)C2CCOC2)ccc2sc3ccccc3c12. The summed E-state index contributed by atoms with van der Waals surface area (Å²) in [5, 5.41) is 8.24. The molecule has 7 rings (SSSR count). The third-order valence-corrected chi connectivity index (χ3v) is 9.48. The van der Waals surface area contributed by atoms with Crippen molar-refractivity contribution in [2.24, 2.45) is 5.92 Å². The number of rotatable bonds is 2. The Hall–Kier alpha value is -3.45. The van der Waals surface area contributed by atoms with Crippen LogP contribution >= 0.6 is 22.7 Å². The Kier molecular flexibility index (Phi) is 6.32. The fourth-order valence-corrected chi connectivity index (χ4v) is 7.43. The topological polar surface area (TPSA) is 64.3 Å². The molecule has 2 aromatic heterocycles. The van der Waals surface area contributed by atoms with Crippen LogP contribution in [-0.2, 0) is 9.53 Å². The number of anilines is 2. The van der Waals surface area contributed by atoms with Gasteiger partial charge in [-0.1, -0.05) is 36.4 Å². The van der Waals surface area contributed by atoms with E-state index < -0.39 is 0 Å². The first-order valence-corrected chi connectivity index (χ1v) is 14.1. The predicted molar refractivity (Wildman–Crippen MR) is 160 cm³/mol. The maximum Gasteiger partial charge on any atom is 0.229 e. The Bertz CT molecular complexity index is 1780. The quantitative estimate of drug-likeness (QED) is 0.224. The van der Waals surface area contributed by atoms with Crippen molar-refractivity contribution < 1.29 is 9.53 Å². The normalized spacial score (nSPS) is 15.4. The summed E-state index contributed by atoms with van der Waals surface area (Å²) in [5.74, 6) is 0.0498. The van der Waals surface area contributed by atoms with Gasteiger partial charge in [0.15, 0.2) is 0 Å². The van der Waals surface area contributed by atoms with Crippen LogP contribution in [0, 0.1) is 19.8 Å². The lowest BCUT2D eigenvalue weighted by molar-refractivity contribution is -0.119. The monoisotopic (exact) mass is 524 g/mol. The molecule has 0 saturated carbocycles. The minimum Gasteiger partial charge on any atom is -0.398 e. The van der Waals surface area contributed by atoms with Crippen LogP contribution in [0.2, 0.25) is 0 Å². The second-order valence-electron chi connectivity index (χ2n) is 9.51. The molecule has 0 radical (unpaired) electrons. The second kappa shape index (κ2) is 9.78. The summed E-state index contributed by atoms with van der Waals surface area (Å²) in [6, 6.07) is 25.1. The number of amides is 1. The van der Waals surface area contributed by atoms with Crippen LogP contribution in [0.15, 0.2) is 72.8 Å². The molecule has 1 unspecified atom stereocenters. The number of hydrogen-bond acceptors (Lipinski definition) is 5. The molecule has 37 heavy (non-hydrogen) atoms. The van der Waals surface area contributed by atoms with E-state index in [1.807, 2.05) is 23.5 Å². The maximum atomic E-state index is 12.3. The van der Waals surface area contributed by atoms with Crippen LogP contribution in [0.25, 0.3) is 40.3 Å². The molecule has 1 aliphatic heterocycles. The van der Waals surface area contributed by atoms with Crippen LogP contribution in [0.3, 0.4) is 0 Å². The van der Waals surface area contributed by atoms with Crippen LogP contribution in [0.1, 0.15) is 17.5 Å². The Morgan fingerprint density at radius 3 is 2.03 bits per heavy atom. The van der Waals surface area contributed by atoms with Gasteiger partial charge in [-0.05, 0) is 67.8 Å². The fraction of sp³-hybridized carbons (Fsp3) is 0.194. The Morgan fingerprint density at radius 1 is 0.811 bits per heavy atom. The average molecular weight is 525 g/mol. The van der Waals surface area contributed by atoms with E-state index in [-0.39, 0.29) is 11.8 Å². The van der Waals surface area contributed by atoms with Gasteiger partial charge in [0.2, 0.25) is 5.91 Å². The molecule has 4 nitrogen and oxygen atoms in total. The molecular formula is C31H28N2O2S2. The van der Waals surface area contributed by atoms with Crippen LogP contribution in [-0.4, -0.2) is 19.1 Å². The number of benzene rings is 4. The van der Waals surface area contributed by atoms with Gasteiger partial charge in [0.1, 0.15) is 0 Å². The summed E-state index contributed by atoms with van der Waals surface area (Å²) in [7, 11) is 0. The zero-order chi connectivity index (χ0) is 25.5. The minimum atomic E-state index is -0.0192. The number of fused-ring (bicyclic) bond motifs is 6. The highest BCUT2D eigenvalue weighted by molar-refractivity contribution is 7.26. The molecule has 186 valence electrons. The Balaban J connectivity index is 0.000000146. The summed E-state index contributed by atoms with van der Waals surface area (Å²) in [6.07, 6.45) is 0.814. The highest BCUT2D eigenvalue weighted by Gasteiger charge is 2.24. The minimum absolute atomic E-state index is 0.0192. The number of thiophene rings is 2. The van der Waals surface area contributed by atoms with Crippen LogP contribution in [0.4, 0.5) is 11.4 Å². The third-order valence-electron chi connectivity index (χ3n) is 7.21. The molecule has 1 aliphatic rings. The number of hydrogen-bond donors (Lipinski definition) is 2. The predicted octanol–water partition coefficient (Wildman–Crippen LogP) is 8.28. The lowest BCUT2D eigenvalue weighted by atomic mass is 10.0. The van der Waals surface area contributed by atoms with Gasteiger partial charge in [-0.3, -0.25) is 4.79 Å². The van der Waals surface area contributed by atoms with E-state index in [0.29, 0.717) is 13.2 Å². The van der Waals surface area contributed by atoms with Gasteiger partial charge < -0.3 is 15.8 Å². The van der Waals surface area contributed by atoms with Gasteiger partial charge in [0, 0.05) is 58.3 Å². The molecule has 1 amide bonds. The Labute approximate surface area is 223 Å². The molecule has 6 aromatic rings. The zero-order valence-corrected chi connectivity index (χ0v) is 22.5. The van der Waals surface area contributed by atoms with Gasteiger partial charge in [0.05, 0.1) is 12.5 Å². The molecule has 3 heterocycles. The molecule has 0 aliphatic carbocycles. The van der Waals surface area contributed by atoms with Gasteiger partial charge in [-0.2, -0.15) is 0 Å². The summed E-state index contributed by atoms with van der Waals surface area (Å²) >= 11 is 3.63. The number of nitrogens with one attached hydrogen (secondary N) is 1. The first kappa shape index (κ1) is 23.9. The van der Waals surface area contributed by atoms with Crippen molar-refractivity contribution in [3.05, 3.63) is 83.9 Å². The third kappa shape index (κ3) is 4.35. The van der Waals surface area contributed by atoms with Crippen LogP contribution < -0.4 is 11.1 Å². The zero-order valence-electron chi connectivity index (χ0n) is 20.8. The summed E-state index contributed by atoms with van der Waals surface area (Å²) in [6.45, 7) is 5.40. The number of ether oxygens (including phenoxy) is 1. The van der Waals surface area contributed by atoms with Crippen molar-refractivity contribution in [3.8, 4) is 0 Å². The van der Waals surface area contributed by atoms with Gasteiger partial charge in [-0.25, -0.2) is 0 Å². The molecule has 6 heteroatoms. The number of nitrogen functional groups attached to an aromatic ring is 1. The van der Waals surface area contributed by atoms with E-state index in [9.17, 15) is 4.79 Å². The van der Waals surface area contributed by atoms with Crippen molar-refractivity contribution in [1.29, 1.82) is 0 Å². The summed E-state index contributed by atoms with van der Waals surface area (Å²) < 4.78 is 10.5. The van der Waals surface area contributed by atoms with Crippen molar-refractivity contribution in [2.75, 3.05) is 24.3 Å². The Morgan fingerprint density at radius 2 is 1.41 bits per heavy atom. The second-order valence-corrected chi connectivity index (χ2v) is 11.7. The highest BCUT2D eigenvalue weighted by atomic mass is 32.1. The standard InChI is InChI=1S/C18H17NO2S.C13H11NS/c1-11-14(19-18(20)12-8-9-21-10-12)6-7-16-17(11)13-4-2-3-5-15(13)22-16;1-8-10(14)6-7-12-13(8)9-4-2-3-5-11(9)15-12/h2-7,12H,8-10H2,1H3,(H,19,20);2-7H,14H2,1H3. The smallest absolute Gasteiger partial charge is 0.229 e. The van der Waals surface area contributed by atoms with Crippen molar-refractivity contribution >= 4 is 80.3 Å². The molecular weight excluding hydrogens is 496 g/mol. The average Bonchev–Trinajstić information content (AvgIpc) is 3.65. The molecule has 1 saturated heterocycles. The van der Waals surface area contributed by atoms with E-state index in [4.69, 9.17) is 10.5 Å². The first-order valence-electron chi connectivity index (χ1n) is 12.5. The molecule has 0 spiro atoms. The van der Waals surface area contributed by atoms with Crippen LogP contribution in [0.5, 0.6) is 0 Å². The van der Waals surface area contributed by atoms with E-state index in [0.717, 1.165) is 23.4 Å². The number of aryl methyl sites for hydroxylation is 2. The largest absolute Gasteiger partial charge is 0.398 e. The number of nitrogens with two attached hydrogens (primary N) is 1. The number of carbonyl (C=O) groups excluding carboxylic acids is 1. The highest BCUT2D eigenvalue weighted by Crippen LogP contribution is 2.39. The number of carbonyl (C=O) groups is 1. The molecule has 3 N–H and O–H groups in total. The molecule has 4 aromatic carbocycles. The van der Waals surface area contributed by atoms with Crippen molar-refractivity contribution in [2.45, 2.75) is 20.3 Å². The fourth-order valence-electron chi connectivity index (χ4n) is 5.10. The molecule has 1 atom stereocenters. The van der Waals surface area contributed by atoms with Gasteiger partial charge >= 0.3 is 0 Å². The van der Waals surface area contributed by atoms with E-state index in [2.05, 4.69) is 79.8 Å². The first-order chi connectivity index (χ1) is 18.0. The maximum absolute atomic E-state index is 12.3. The van der Waals surface area contributed by atoms with E-state index >= 15 is 0 Å². The molecule has 1 fully saturated rings. The van der Waals surface area contributed by atoms with E-state index in [1.54, 1.807) is 11.3 Å². The van der Waals surface area contributed by atoms with Gasteiger partial charge in [-0.15, -0.1) is 22.7 Å². The lowest BCUT2D eigenvalue weighted by Gasteiger charge is -2.12.